The highest BCUT2D eigenvalue weighted by atomic mass is 79.9. The Kier molecular flexibility index (Phi) is 5.30. The summed E-state index contributed by atoms with van der Waals surface area (Å²) in [4.78, 5) is 0. The van der Waals surface area contributed by atoms with Crippen LogP contribution in [0.2, 0.25) is 5.02 Å². The number of thiophene rings is 1. The second-order valence-electron chi connectivity index (χ2n) is 4.70. The van der Waals surface area contributed by atoms with E-state index in [1.165, 1.54) is 6.07 Å². The molecule has 3 N–H and O–H groups in total. The minimum atomic E-state index is -3.51. The predicted molar refractivity (Wildman–Crippen MR) is 82.2 cm³/mol. The summed E-state index contributed by atoms with van der Waals surface area (Å²) < 4.78 is 28.3. The van der Waals surface area contributed by atoms with Crippen LogP contribution in [0.4, 0.5) is 0 Å². The zero-order valence-electron chi connectivity index (χ0n) is 10.2. The van der Waals surface area contributed by atoms with E-state index in [0.29, 0.717) is 15.4 Å². The van der Waals surface area contributed by atoms with Gasteiger partial charge in [-0.05, 0) is 47.3 Å². The van der Waals surface area contributed by atoms with Crippen LogP contribution in [0.3, 0.4) is 0 Å². The first-order chi connectivity index (χ1) is 8.94. The van der Waals surface area contributed by atoms with Gasteiger partial charge in [-0.25, -0.2) is 13.1 Å². The van der Waals surface area contributed by atoms with E-state index in [2.05, 4.69) is 20.7 Å². The number of hydrogen-bond acceptors (Lipinski definition) is 4. The Morgan fingerprint density at radius 1 is 1.47 bits per heavy atom. The van der Waals surface area contributed by atoms with Crippen molar-refractivity contribution in [2.75, 3.05) is 6.54 Å². The van der Waals surface area contributed by atoms with E-state index in [9.17, 15) is 8.42 Å². The van der Waals surface area contributed by atoms with Gasteiger partial charge in [-0.1, -0.05) is 24.4 Å². The van der Waals surface area contributed by atoms with Gasteiger partial charge in [0.2, 0.25) is 10.0 Å². The van der Waals surface area contributed by atoms with E-state index in [1.807, 2.05) is 0 Å². The average molecular weight is 388 g/mol. The van der Waals surface area contributed by atoms with Gasteiger partial charge in [0.1, 0.15) is 4.21 Å². The Morgan fingerprint density at radius 3 is 2.74 bits per heavy atom. The summed E-state index contributed by atoms with van der Waals surface area (Å²) in [5.74, 6) is 0.224. The predicted octanol–water partition coefficient (Wildman–Crippen LogP) is 2.96. The quantitative estimate of drug-likeness (QED) is 0.834. The van der Waals surface area contributed by atoms with Crippen molar-refractivity contribution in [3.8, 4) is 0 Å². The van der Waals surface area contributed by atoms with Gasteiger partial charge in [0.05, 0.1) is 8.81 Å². The molecule has 2 unspecified atom stereocenters. The molecule has 1 saturated carbocycles. The van der Waals surface area contributed by atoms with Crippen molar-refractivity contribution < 1.29 is 8.42 Å². The molecule has 1 aliphatic rings. The Bertz CT molecular complexity index is 527. The summed E-state index contributed by atoms with van der Waals surface area (Å²) >= 11 is 10.2. The van der Waals surface area contributed by atoms with Crippen LogP contribution in [0.1, 0.15) is 25.7 Å². The third-order valence-corrected chi connectivity index (χ3v) is 7.84. The highest BCUT2D eigenvalue weighted by Crippen LogP contribution is 2.35. The zero-order chi connectivity index (χ0) is 14.0. The Balaban J connectivity index is 2.16. The molecule has 19 heavy (non-hydrogen) atoms. The fourth-order valence-electron chi connectivity index (χ4n) is 2.36. The van der Waals surface area contributed by atoms with Gasteiger partial charge in [-0.2, -0.15) is 0 Å². The molecule has 1 fully saturated rings. The van der Waals surface area contributed by atoms with Crippen molar-refractivity contribution in [1.29, 1.82) is 0 Å². The first-order valence-electron chi connectivity index (χ1n) is 6.11. The standard InChI is InChI=1S/C11H16BrClN2O2S2/c12-11-8(13)5-10(18-11)19(16,17)15-9-4-2-1-3-7(9)6-14/h5,7,9,15H,1-4,6,14H2. The van der Waals surface area contributed by atoms with Crippen molar-refractivity contribution in [2.45, 2.75) is 35.9 Å². The maximum atomic E-state index is 12.3. The van der Waals surface area contributed by atoms with Crippen LogP contribution < -0.4 is 10.5 Å². The lowest BCUT2D eigenvalue weighted by Gasteiger charge is -2.30. The molecule has 0 radical (unpaired) electrons. The highest BCUT2D eigenvalue weighted by molar-refractivity contribution is 9.11. The van der Waals surface area contributed by atoms with E-state index < -0.39 is 10.0 Å². The summed E-state index contributed by atoms with van der Waals surface area (Å²) in [6, 6.07) is 1.40. The molecule has 4 nitrogen and oxygen atoms in total. The molecule has 2 rings (SSSR count). The fraction of sp³-hybridized carbons (Fsp3) is 0.636. The third-order valence-electron chi connectivity index (χ3n) is 3.41. The van der Waals surface area contributed by atoms with Crippen LogP contribution in [0.25, 0.3) is 0 Å². The van der Waals surface area contributed by atoms with E-state index in [0.717, 1.165) is 37.0 Å². The van der Waals surface area contributed by atoms with E-state index >= 15 is 0 Å². The van der Waals surface area contributed by atoms with Crippen LogP contribution in [-0.2, 0) is 10.0 Å². The van der Waals surface area contributed by atoms with Gasteiger partial charge in [0.15, 0.2) is 0 Å². The summed E-state index contributed by atoms with van der Waals surface area (Å²) in [6.45, 7) is 0.516. The monoisotopic (exact) mass is 386 g/mol. The van der Waals surface area contributed by atoms with Gasteiger partial charge >= 0.3 is 0 Å². The van der Waals surface area contributed by atoms with Crippen LogP contribution in [0.5, 0.6) is 0 Å². The number of nitrogens with two attached hydrogens (primary N) is 1. The summed E-state index contributed by atoms with van der Waals surface area (Å²) in [7, 11) is -3.51. The molecular weight excluding hydrogens is 372 g/mol. The van der Waals surface area contributed by atoms with Crippen molar-refractivity contribution in [2.24, 2.45) is 11.7 Å². The topological polar surface area (TPSA) is 72.2 Å². The van der Waals surface area contributed by atoms with Crippen molar-refractivity contribution in [3.05, 3.63) is 14.9 Å². The second kappa shape index (κ2) is 6.41. The molecule has 1 aromatic rings. The zero-order valence-corrected chi connectivity index (χ0v) is 14.2. The first kappa shape index (κ1) is 15.7. The smallest absolute Gasteiger partial charge is 0.250 e. The lowest BCUT2D eigenvalue weighted by molar-refractivity contribution is 0.296. The molecule has 0 bridgehead atoms. The second-order valence-corrected chi connectivity index (χ2v) is 9.41. The molecule has 0 aromatic carbocycles. The van der Waals surface area contributed by atoms with Crippen LogP contribution in [-0.4, -0.2) is 21.0 Å². The summed E-state index contributed by atoms with van der Waals surface area (Å²) in [6.07, 6.45) is 4.00. The van der Waals surface area contributed by atoms with Crippen molar-refractivity contribution in [3.63, 3.8) is 0 Å². The molecule has 8 heteroatoms. The molecule has 0 amide bonds. The van der Waals surface area contributed by atoms with Crippen LogP contribution in [0.15, 0.2) is 14.1 Å². The van der Waals surface area contributed by atoms with Gasteiger partial charge in [0.25, 0.3) is 0 Å². The maximum absolute atomic E-state index is 12.3. The molecule has 1 heterocycles. The first-order valence-corrected chi connectivity index (χ1v) is 9.58. The van der Waals surface area contributed by atoms with Crippen LogP contribution >= 0.6 is 38.9 Å². The van der Waals surface area contributed by atoms with Gasteiger partial charge in [-0.3, -0.25) is 0 Å². The Morgan fingerprint density at radius 2 is 2.16 bits per heavy atom. The van der Waals surface area contributed by atoms with Crippen molar-refractivity contribution in [1.82, 2.24) is 4.72 Å². The molecule has 108 valence electrons. The molecule has 1 aromatic heterocycles. The highest BCUT2D eigenvalue weighted by Gasteiger charge is 2.29. The minimum absolute atomic E-state index is 0.0663. The van der Waals surface area contributed by atoms with E-state index in [-0.39, 0.29) is 16.2 Å². The minimum Gasteiger partial charge on any atom is -0.330 e. The molecule has 0 saturated heterocycles. The molecule has 0 aliphatic heterocycles. The number of hydrogen-bond donors (Lipinski definition) is 2. The van der Waals surface area contributed by atoms with E-state index in [4.69, 9.17) is 17.3 Å². The van der Waals surface area contributed by atoms with E-state index in [1.54, 1.807) is 0 Å². The summed E-state index contributed by atoms with van der Waals surface area (Å²) in [5, 5.41) is 0.421. The number of halogens is 2. The third kappa shape index (κ3) is 3.71. The largest absolute Gasteiger partial charge is 0.330 e. The summed E-state index contributed by atoms with van der Waals surface area (Å²) in [5.41, 5.74) is 5.72. The lowest BCUT2D eigenvalue weighted by atomic mass is 9.85. The molecule has 0 spiro atoms. The maximum Gasteiger partial charge on any atom is 0.250 e. The SMILES string of the molecule is NCC1CCCCC1NS(=O)(=O)c1cc(Cl)c(Br)s1. The lowest BCUT2D eigenvalue weighted by Crippen LogP contribution is -2.44. The van der Waals surface area contributed by atoms with Gasteiger partial charge in [0, 0.05) is 6.04 Å². The van der Waals surface area contributed by atoms with Gasteiger partial charge in [-0.15, -0.1) is 11.3 Å². The molecule has 1 aliphatic carbocycles. The Labute approximate surface area is 130 Å². The number of nitrogens with one attached hydrogen (secondary N) is 1. The average Bonchev–Trinajstić information content (AvgIpc) is 2.71. The fourth-order valence-corrected chi connectivity index (χ4v) is 6.12. The van der Waals surface area contributed by atoms with Crippen molar-refractivity contribution >= 4 is 48.9 Å². The normalized spacial score (nSPS) is 24.6. The van der Waals surface area contributed by atoms with Gasteiger partial charge < -0.3 is 5.73 Å². The molecule has 2 atom stereocenters. The van der Waals surface area contributed by atoms with Crippen LogP contribution in [0, 0.1) is 5.92 Å². The number of rotatable bonds is 4. The Hall–Kier alpha value is 0.340. The number of sulfonamides is 1. The molecular formula is C11H16BrClN2O2S2.